The molecule has 0 aliphatic rings. The monoisotopic (exact) mass is 361 g/mol. The number of halogens is 1. The molecule has 4 heteroatoms. The zero-order valence-electron chi connectivity index (χ0n) is 12.3. The van der Waals surface area contributed by atoms with Gasteiger partial charge in [-0.15, -0.1) is 0 Å². The molecule has 1 unspecified atom stereocenters. The number of rotatable bonds is 7. The van der Waals surface area contributed by atoms with Gasteiger partial charge in [0.2, 0.25) is 0 Å². The fraction of sp³-hybridized carbons (Fsp3) is 0.278. The molecule has 0 saturated heterocycles. The van der Waals surface area contributed by atoms with Crippen molar-refractivity contribution in [3.8, 4) is 0 Å². The Morgan fingerprint density at radius 3 is 2.55 bits per heavy atom. The molecule has 2 aromatic rings. The van der Waals surface area contributed by atoms with Gasteiger partial charge in [0.15, 0.2) is 0 Å². The van der Waals surface area contributed by atoms with E-state index >= 15 is 0 Å². The number of aliphatic hydroxyl groups is 1. The van der Waals surface area contributed by atoms with E-state index in [0.29, 0.717) is 18.5 Å². The molecule has 2 N–H and O–H groups in total. The van der Waals surface area contributed by atoms with Crippen molar-refractivity contribution in [2.75, 3.05) is 13.2 Å². The van der Waals surface area contributed by atoms with Crippen LogP contribution in [0.25, 0.3) is 0 Å². The summed E-state index contributed by atoms with van der Waals surface area (Å²) in [6.07, 6.45) is 1.51. The molecule has 3 nitrogen and oxygen atoms in total. The lowest BCUT2D eigenvalue weighted by atomic mass is 9.93. The van der Waals surface area contributed by atoms with Crippen LogP contribution in [-0.2, 0) is 0 Å². The van der Waals surface area contributed by atoms with Crippen molar-refractivity contribution >= 4 is 21.8 Å². The highest BCUT2D eigenvalue weighted by Gasteiger charge is 2.12. The van der Waals surface area contributed by atoms with Crippen molar-refractivity contribution < 1.29 is 9.90 Å². The molecule has 0 aliphatic heterocycles. The van der Waals surface area contributed by atoms with Gasteiger partial charge < -0.3 is 10.4 Å². The van der Waals surface area contributed by atoms with E-state index in [0.717, 1.165) is 10.9 Å². The highest BCUT2D eigenvalue weighted by molar-refractivity contribution is 9.10. The first kappa shape index (κ1) is 16.7. The van der Waals surface area contributed by atoms with Crippen molar-refractivity contribution in [2.24, 2.45) is 0 Å². The number of aliphatic hydroxyl groups excluding tert-OH is 1. The van der Waals surface area contributed by atoms with Crippen LogP contribution < -0.4 is 5.32 Å². The Hall–Kier alpha value is -1.65. The number of nitrogens with one attached hydrogen (secondary N) is 1. The summed E-state index contributed by atoms with van der Waals surface area (Å²) < 4.78 is 0.891. The van der Waals surface area contributed by atoms with Gasteiger partial charge in [-0.05, 0) is 42.5 Å². The summed E-state index contributed by atoms with van der Waals surface area (Å²) in [6, 6.07) is 17.4. The van der Waals surface area contributed by atoms with Gasteiger partial charge in [-0.25, -0.2) is 0 Å². The maximum atomic E-state index is 12.1. The molecule has 116 valence electrons. The zero-order chi connectivity index (χ0) is 15.8. The van der Waals surface area contributed by atoms with Gasteiger partial charge >= 0.3 is 0 Å². The predicted molar refractivity (Wildman–Crippen MR) is 92.0 cm³/mol. The van der Waals surface area contributed by atoms with Gasteiger partial charge in [-0.2, -0.15) is 0 Å². The van der Waals surface area contributed by atoms with Gasteiger partial charge in [0.05, 0.1) is 0 Å². The lowest BCUT2D eigenvalue weighted by Gasteiger charge is -2.16. The first-order valence-corrected chi connectivity index (χ1v) is 8.19. The molecule has 2 rings (SSSR count). The smallest absolute Gasteiger partial charge is 0.251 e. The molecule has 0 spiro atoms. The van der Waals surface area contributed by atoms with Crippen molar-refractivity contribution in [2.45, 2.75) is 18.8 Å². The Labute approximate surface area is 139 Å². The van der Waals surface area contributed by atoms with Crippen molar-refractivity contribution in [3.05, 3.63) is 70.2 Å². The Morgan fingerprint density at radius 2 is 1.86 bits per heavy atom. The lowest BCUT2D eigenvalue weighted by Crippen LogP contribution is -2.25. The zero-order valence-corrected chi connectivity index (χ0v) is 13.9. The molecule has 1 amide bonds. The predicted octanol–water partition coefficient (Wildman–Crippen LogP) is 3.74. The molecule has 0 aromatic heterocycles. The van der Waals surface area contributed by atoms with Crippen LogP contribution in [0.4, 0.5) is 0 Å². The van der Waals surface area contributed by atoms with E-state index in [1.165, 1.54) is 5.56 Å². The van der Waals surface area contributed by atoms with E-state index in [1.54, 1.807) is 12.1 Å². The quantitative estimate of drug-likeness (QED) is 0.789. The van der Waals surface area contributed by atoms with Crippen LogP contribution in [0.15, 0.2) is 59.1 Å². The largest absolute Gasteiger partial charge is 0.396 e. The molecule has 0 heterocycles. The average Bonchev–Trinajstić information content (AvgIpc) is 2.55. The van der Waals surface area contributed by atoms with Gasteiger partial charge in [0.25, 0.3) is 5.91 Å². The number of hydrogen-bond donors (Lipinski definition) is 2. The molecule has 2 aromatic carbocycles. The number of amides is 1. The standard InChI is InChI=1S/C18H20BrNO2/c19-17-8-4-7-16(13-17)18(22)20-11-9-15(10-12-21)14-5-2-1-3-6-14/h1-8,13,15,21H,9-12H2,(H,20,22). The molecule has 1 atom stereocenters. The molecular formula is C18H20BrNO2. The number of hydrogen-bond acceptors (Lipinski definition) is 2. The summed E-state index contributed by atoms with van der Waals surface area (Å²) in [5.74, 6) is 0.186. The van der Waals surface area contributed by atoms with E-state index in [4.69, 9.17) is 0 Å². The van der Waals surface area contributed by atoms with E-state index in [1.807, 2.05) is 30.3 Å². The first-order chi connectivity index (χ1) is 10.7. The Kier molecular flexibility index (Phi) is 6.62. The van der Waals surface area contributed by atoms with Gasteiger partial charge in [-0.1, -0.05) is 52.3 Å². The molecule has 0 aliphatic carbocycles. The minimum Gasteiger partial charge on any atom is -0.396 e. The van der Waals surface area contributed by atoms with Crippen LogP contribution in [0.1, 0.15) is 34.7 Å². The van der Waals surface area contributed by atoms with Crippen LogP contribution in [0, 0.1) is 0 Å². The van der Waals surface area contributed by atoms with Crippen LogP contribution in [-0.4, -0.2) is 24.2 Å². The minimum atomic E-state index is -0.0721. The fourth-order valence-corrected chi connectivity index (χ4v) is 2.85. The first-order valence-electron chi connectivity index (χ1n) is 7.40. The van der Waals surface area contributed by atoms with Crippen molar-refractivity contribution in [1.82, 2.24) is 5.32 Å². The maximum absolute atomic E-state index is 12.1. The number of benzene rings is 2. The highest BCUT2D eigenvalue weighted by Crippen LogP contribution is 2.22. The summed E-state index contributed by atoms with van der Waals surface area (Å²) in [5.41, 5.74) is 1.85. The fourth-order valence-electron chi connectivity index (χ4n) is 2.45. The number of carbonyl (C=O) groups is 1. The Morgan fingerprint density at radius 1 is 1.09 bits per heavy atom. The SMILES string of the molecule is O=C(NCCC(CCO)c1ccccc1)c1cccc(Br)c1. The molecule has 0 saturated carbocycles. The van der Waals surface area contributed by atoms with Crippen molar-refractivity contribution in [1.29, 1.82) is 0 Å². The summed E-state index contributed by atoms with van der Waals surface area (Å²) in [7, 11) is 0. The van der Waals surface area contributed by atoms with Gasteiger partial charge in [-0.3, -0.25) is 4.79 Å². The average molecular weight is 362 g/mol. The third kappa shape index (κ3) is 4.97. The second-order valence-electron chi connectivity index (χ2n) is 5.17. The maximum Gasteiger partial charge on any atom is 0.251 e. The summed E-state index contributed by atoms with van der Waals surface area (Å²) >= 11 is 3.37. The molecule has 0 radical (unpaired) electrons. The molecule has 0 bridgehead atoms. The van der Waals surface area contributed by atoms with Crippen LogP contribution in [0.3, 0.4) is 0 Å². The minimum absolute atomic E-state index is 0.0721. The third-order valence-corrected chi connectivity index (χ3v) is 4.11. The van der Waals surface area contributed by atoms with Crippen molar-refractivity contribution in [3.63, 3.8) is 0 Å². The summed E-state index contributed by atoms with van der Waals surface area (Å²) in [6.45, 7) is 0.740. The normalized spacial score (nSPS) is 11.9. The van der Waals surface area contributed by atoms with Crippen LogP contribution in [0.5, 0.6) is 0 Å². The molecule has 22 heavy (non-hydrogen) atoms. The third-order valence-electron chi connectivity index (χ3n) is 3.61. The Bertz CT molecular complexity index is 601. The van der Waals surface area contributed by atoms with E-state index in [2.05, 4.69) is 33.4 Å². The van der Waals surface area contributed by atoms with Crippen LogP contribution >= 0.6 is 15.9 Å². The van der Waals surface area contributed by atoms with Crippen LogP contribution in [0.2, 0.25) is 0 Å². The second-order valence-corrected chi connectivity index (χ2v) is 6.09. The molecular weight excluding hydrogens is 342 g/mol. The van der Waals surface area contributed by atoms with Gasteiger partial charge in [0.1, 0.15) is 0 Å². The van der Waals surface area contributed by atoms with E-state index in [-0.39, 0.29) is 18.4 Å². The topological polar surface area (TPSA) is 49.3 Å². The highest BCUT2D eigenvalue weighted by atomic mass is 79.9. The number of carbonyl (C=O) groups excluding carboxylic acids is 1. The Balaban J connectivity index is 1.89. The summed E-state index contributed by atoms with van der Waals surface area (Å²) in [4.78, 5) is 12.1. The van der Waals surface area contributed by atoms with E-state index < -0.39 is 0 Å². The van der Waals surface area contributed by atoms with Gasteiger partial charge in [0, 0.05) is 23.2 Å². The molecule has 0 fully saturated rings. The summed E-state index contributed by atoms with van der Waals surface area (Å²) in [5, 5.41) is 12.2. The van der Waals surface area contributed by atoms with E-state index in [9.17, 15) is 9.90 Å². The lowest BCUT2D eigenvalue weighted by molar-refractivity contribution is 0.0952. The second kappa shape index (κ2) is 8.71.